The zero-order chi connectivity index (χ0) is 19.6. The fraction of sp³-hybridized carbons (Fsp3) is 0.417. The monoisotopic (exact) mass is 409 g/mol. The summed E-state index contributed by atoms with van der Waals surface area (Å²) in [6.07, 6.45) is 6.31. The minimum absolute atomic E-state index is 0.228. The van der Waals surface area contributed by atoms with Gasteiger partial charge in [0.1, 0.15) is 0 Å². The summed E-state index contributed by atoms with van der Waals surface area (Å²) in [4.78, 5) is 3.66. The van der Waals surface area contributed by atoms with E-state index in [-0.39, 0.29) is 12.1 Å². The highest BCUT2D eigenvalue weighted by Gasteiger charge is 2.27. The van der Waals surface area contributed by atoms with Crippen LogP contribution >= 0.6 is 11.6 Å². The van der Waals surface area contributed by atoms with Gasteiger partial charge in [-0.05, 0) is 43.0 Å². The number of aromatic amines is 1. The van der Waals surface area contributed by atoms with Gasteiger partial charge >= 0.3 is 0 Å². The van der Waals surface area contributed by atoms with E-state index in [2.05, 4.69) is 58.1 Å². The van der Waals surface area contributed by atoms with Gasteiger partial charge in [0.2, 0.25) is 0 Å². The smallest absolute Gasteiger partial charge is 0.0722 e. The van der Waals surface area contributed by atoms with Crippen LogP contribution in [0.5, 0.6) is 0 Å². The molecule has 3 N–H and O–H groups in total. The highest BCUT2D eigenvalue weighted by molar-refractivity contribution is 6.31. The highest BCUT2D eigenvalue weighted by atomic mass is 35.5. The lowest BCUT2D eigenvalue weighted by Gasteiger charge is -2.15. The average molecular weight is 410 g/mol. The Hall–Kier alpha value is -2.01. The molecule has 2 aromatic carbocycles. The van der Waals surface area contributed by atoms with Gasteiger partial charge in [0, 0.05) is 34.7 Å². The van der Waals surface area contributed by atoms with Crippen molar-refractivity contribution < 1.29 is 4.74 Å². The van der Waals surface area contributed by atoms with Crippen molar-refractivity contribution in [1.29, 1.82) is 0 Å². The molecule has 2 atom stereocenters. The molecule has 5 rings (SSSR count). The standard InChI is InChI=1S/C24H28ClN3O/c25-18-10-17-11-22(28-24(17)23(12-18)27-19-8-4-5-9-19)21-13-20(14-26-21)29-15-16-6-2-1-3-7-16/h1-3,6-7,10-12,19-21,26-28H,4-5,8-9,13-15H2/t20-,21+/m1/s1. The molecule has 29 heavy (non-hydrogen) atoms. The maximum Gasteiger partial charge on any atom is 0.0722 e. The number of aromatic nitrogens is 1. The molecule has 4 nitrogen and oxygen atoms in total. The largest absolute Gasteiger partial charge is 0.381 e. The third kappa shape index (κ3) is 4.30. The zero-order valence-corrected chi connectivity index (χ0v) is 17.3. The van der Waals surface area contributed by atoms with Crippen LogP contribution in [-0.2, 0) is 11.3 Å². The van der Waals surface area contributed by atoms with Gasteiger partial charge in [0.25, 0.3) is 0 Å². The number of ether oxygens (including phenoxy) is 1. The first kappa shape index (κ1) is 19.0. The molecule has 1 aliphatic heterocycles. The molecule has 1 saturated carbocycles. The van der Waals surface area contributed by atoms with Crippen LogP contribution in [0.2, 0.25) is 5.02 Å². The number of fused-ring (bicyclic) bond motifs is 1. The molecule has 2 fully saturated rings. The van der Waals surface area contributed by atoms with Crippen molar-refractivity contribution >= 4 is 28.2 Å². The Labute approximate surface area is 177 Å². The molecule has 5 heteroatoms. The van der Waals surface area contributed by atoms with E-state index in [1.165, 1.54) is 42.3 Å². The topological polar surface area (TPSA) is 49.1 Å². The second-order valence-electron chi connectivity index (χ2n) is 8.38. The molecular weight excluding hydrogens is 382 g/mol. The van der Waals surface area contributed by atoms with Gasteiger partial charge in [-0.15, -0.1) is 0 Å². The minimum atomic E-state index is 0.228. The second-order valence-corrected chi connectivity index (χ2v) is 8.82. The first-order valence-electron chi connectivity index (χ1n) is 10.7. The summed E-state index contributed by atoms with van der Waals surface area (Å²) in [5.41, 5.74) is 4.72. The third-order valence-electron chi connectivity index (χ3n) is 6.22. The van der Waals surface area contributed by atoms with Crippen molar-refractivity contribution in [3.8, 4) is 0 Å². The van der Waals surface area contributed by atoms with Crippen molar-refractivity contribution in [2.75, 3.05) is 11.9 Å². The zero-order valence-electron chi connectivity index (χ0n) is 16.6. The SMILES string of the molecule is Clc1cc(NC2CCCC2)c2[nH]c([C@@H]3C[C@@H](OCc4ccccc4)CN3)cc2c1. The summed E-state index contributed by atoms with van der Waals surface area (Å²) < 4.78 is 6.14. The van der Waals surface area contributed by atoms with Gasteiger partial charge in [-0.3, -0.25) is 0 Å². The maximum atomic E-state index is 6.41. The summed E-state index contributed by atoms with van der Waals surface area (Å²) in [6.45, 7) is 1.54. The average Bonchev–Trinajstić information content (AvgIpc) is 3.47. The lowest BCUT2D eigenvalue weighted by atomic mass is 10.1. The van der Waals surface area contributed by atoms with Crippen LogP contribution in [0.1, 0.15) is 49.4 Å². The van der Waals surface area contributed by atoms with E-state index < -0.39 is 0 Å². The lowest BCUT2D eigenvalue weighted by molar-refractivity contribution is 0.0525. The predicted octanol–water partition coefficient (Wildman–Crippen LogP) is 5.80. The molecular formula is C24H28ClN3O. The predicted molar refractivity (Wildman–Crippen MR) is 120 cm³/mol. The van der Waals surface area contributed by atoms with Crippen LogP contribution in [-0.4, -0.2) is 23.7 Å². The Morgan fingerprint density at radius 2 is 1.90 bits per heavy atom. The number of H-pyrrole nitrogens is 1. The van der Waals surface area contributed by atoms with Gasteiger partial charge in [-0.25, -0.2) is 0 Å². The van der Waals surface area contributed by atoms with Crippen LogP contribution in [0.4, 0.5) is 5.69 Å². The summed E-state index contributed by atoms with van der Waals surface area (Å²) in [5.74, 6) is 0. The van der Waals surface area contributed by atoms with E-state index >= 15 is 0 Å². The van der Waals surface area contributed by atoms with E-state index in [1.54, 1.807) is 0 Å². The lowest BCUT2D eigenvalue weighted by Crippen LogP contribution is -2.17. The van der Waals surface area contributed by atoms with Crippen molar-refractivity contribution in [2.24, 2.45) is 0 Å². The molecule has 0 spiro atoms. The van der Waals surface area contributed by atoms with Gasteiger partial charge in [-0.2, -0.15) is 0 Å². The van der Waals surface area contributed by atoms with Gasteiger partial charge < -0.3 is 20.4 Å². The second kappa shape index (κ2) is 8.39. The van der Waals surface area contributed by atoms with Crippen LogP contribution in [0.25, 0.3) is 10.9 Å². The fourth-order valence-electron chi connectivity index (χ4n) is 4.68. The molecule has 2 aliphatic rings. The van der Waals surface area contributed by atoms with Crippen LogP contribution in [0.15, 0.2) is 48.5 Å². The fourth-order valence-corrected chi connectivity index (χ4v) is 4.90. The van der Waals surface area contributed by atoms with Gasteiger partial charge in [0.15, 0.2) is 0 Å². The highest BCUT2D eigenvalue weighted by Crippen LogP contribution is 2.34. The van der Waals surface area contributed by atoms with Crippen molar-refractivity contribution in [2.45, 2.75) is 56.9 Å². The Morgan fingerprint density at radius 3 is 2.72 bits per heavy atom. The summed E-state index contributed by atoms with van der Waals surface area (Å²) in [5, 5.41) is 9.29. The molecule has 1 aliphatic carbocycles. The van der Waals surface area contributed by atoms with Crippen molar-refractivity contribution in [3.05, 3.63) is 64.8 Å². The van der Waals surface area contributed by atoms with Gasteiger partial charge in [-0.1, -0.05) is 54.8 Å². The first-order chi connectivity index (χ1) is 14.2. The molecule has 0 bridgehead atoms. The van der Waals surface area contributed by atoms with Crippen molar-refractivity contribution in [1.82, 2.24) is 10.3 Å². The number of hydrogen-bond acceptors (Lipinski definition) is 3. The molecule has 152 valence electrons. The first-order valence-corrected chi connectivity index (χ1v) is 11.1. The summed E-state index contributed by atoms with van der Waals surface area (Å²) in [6, 6.07) is 17.5. The van der Waals surface area contributed by atoms with E-state index in [4.69, 9.17) is 16.3 Å². The number of hydrogen-bond donors (Lipinski definition) is 3. The Morgan fingerprint density at radius 1 is 1.07 bits per heavy atom. The van der Waals surface area contributed by atoms with E-state index in [1.807, 2.05) is 6.07 Å². The van der Waals surface area contributed by atoms with Crippen molar-refractivity contribution in [3.63, 3.8) is 0 Å². The molecule has 3 aromatic rings. The molecule has 2 heterocycles. The molecule has 0 radical (unpaired) electrons. The third-order valence-corrected chi connectivity index (χ3v) is 6.44. The Kier molecular flexibility index (Phi) is 5.49. The van der Waals surface area contributed by atoms with Crippen LogP contribution in [0.3, 0.4) is 0 Å². The number of rotatable bonds is 6. The number of benzene rings is 2. The van der Waals surface area contributed by atoms with E-state index in [0.29, 0.717) is 12.6 Å². The molecule has 0 amide bonds. The molecule has 0 unspecified atom stereocenters. The van der Waals surface area contributed by atoms with Crippen LogP contribution < -0.4 is 10.6 Å². The quantitative estimate of drug-likeness (QED) is 0.482. The normalized spacial score (nSPS) is 22.5. The molecule has 1 aromatic heterocycles. The Balaban J connectivity index is 1.29. The van der Waals surface area contributed by atoms with E-state index in [9.17, 15) is 0 Å². The summed E-state index contributed by atoms with van der Waals surface area (Å²) >= 11 is 6.41. The van der Waals surface area contributed by atoms with Gasteiger partial charge in [0.05, 0.1) is 23.9 Å². The minimum Gasteiger partial charge on any atom is -0.381 e. The van der Waals surface area contributed by atoms with E-state index in [0.717, 1.165) is 29.2 Å². The molecule has 1 saturated heterocycles. The Bertz CT molecular complexity index is 965. The number of halogens is 1. The maximum absolute atomic E-state index is 6.41. The number of nitrogens with one attached hydrogen (secondary N) is 3. The summed E-state index contributed by atoms with van der Waals surface area (Å²) in [7, 11) is 0. The number of anilines is 1. The van der Waals surface area contributed by atoms with Crippen LogP contribution in [0, 0.1) is 0 Å².